The van der Waals surface area contributed by atoms with Crippen molar-refractivity contribution in [3.63, 3.8) is 0 Å². The normalized spacial score (nSPS) is 10.5. The van der Waals surface area contributed by atoms with Crippen LogP contribution in [0.25, 0.3) is 22.0 Å². The van der Waals surface area contributed by atoms with Crippen molar-refractivity contribution >= 4 is 17.2 Å². The molecule has 0 fully saturated rings. The molecule has 0 bridgehead atoms. The summed E-state index contributed by atoms with van der Waals surface area (Å²) in [5.74, 6) is 0.846. The highest BCUT2D eigenvalue weighted by molar-refractivity contribution is 7.13. The topological polar surface area (TPSA) is 87.3 Å². The van der Waals surface area contributed by atoms with Crippen LogP contribution in [-0.2, 0) is 0 Å². The first-order chi connectivity index (χ1) is 12.6. The van der Waals surface area contributed by atoms with E-state index in [0.717, 1.165) is 10.6 Å². The highest BCUT2D eigenvalue weighted by Crippen LogP contribution is 2.35. The lowest BCUT2D eigenvalue weighted by Crippen LogP contribution is -2.13. The van der Waals surface area contributed by atoms with Crippen molar-refractivity contribution in [1.29, 1.82) is 0 Å². The third-order valence-electron chi connectivity index (χ3n) is 3.56. The Bertz CT molecular complexity index is 924. The van der Waals surface area contributed by atoms with E-state index in [-0.39, 0.29) is 5.69 Å². The van der Waals surface area contributed by atoms with Gasteiger partial charge in [0.15, 0.2) is 11.5 Å². The van der Waals surface area contributed by atoms with Crippen LogP contribution in [0.2, 0.25) is 0 Å². The van der Waals surface area contributed by atoms with Crippen LogP contribution < -0.4 is 15.2 Å². The van der Waals surface area contributed by atoms with Gasteiger partial charge in [-0.05, 0) is 44.2 Å². The van der Waals surface area contributed by atoms with E-state index in [1.165, 1.54) is 11.3 Å². The first-order valence-corrected chi connectivity index (χ1v) is 9.13. The molecule has 2 N–H and O–H groups in total. The van der Waals surface area contributed by atoms with E-state index in [1.807, 2.05) is 37.4 Å². The Balaban J connectivity index is 1.93. The number of aromatic nitrogens is 2. The third kappa shape index (κ3) is 3.83. The highest BCUT2D eigenvalue weighted by Gasteiger charge is 2.13. The minimum absolute atomic E-state index is 0.219. The molecule has 0 saturated carbocycles. The van der Waals surface area contributed by atoms with Crippen molar-refractivity contribution in [3.05, 3.63) is 47.5 Å². The van der Waals surface area contributed by atoms with Crippen LogP contribution in [-0.4, -0.2) is 29.1 Å². The summed E-state index contributed by atoms with van der Waals surface area (Å²) in [6, 6.07) is 10.9. The summed E-state index contributed by atoms with van der Waals surface area (Å²) in [6.45, 7) is 4.99. The summed E-state index contributed by atoms with van der Waals surface area (Å²) in [5, 5.41) is 2.73. The minimum atomic E-state index is -0.560. The summed E-state index contributed by atoms with van der Waals surface area (Å²) < 4.78 is 11.3. The van der Waals surface area contributed by atoms with Gasteiger partial charge in [0.2, 0.25) is 0 Å². The molecule has 0 aliphatic rings. The number of pyridine rings is 1. The lowest BCUT2D eigenvalue weighted by Gasteiger charge is -2.11. The number of carbonyl (C=O) groups is 1. The maximum Gasteiger partial charge on any atom is 0.267 e. The number of primary amides is 1. The predicted molar refractivity (Wildman–Crippen MR) is 102 cm³/mol. The van der Waals surface area contributed by atoms with E-state index in [4.69, 9.17) is 15.2 Å². The maximum atomic E-state index is 11.3. The van der Waals surface area contributed by atoms with Crippen molar-refractivity contribution in [1.82, 2.24) is 9.97 Å². The highest BCUT2D eigenvalue weighted by atomic mass is 32.1. The predicted octanol–water partition coefficient (Wildman–Crippen LogP) is 3.77. The van der Waals surface area contributed by atoms with Gasteiger partial charge >= 0.3 is 0 Å². The van der Waals surface area contributed by atoms with Gasteiger partial charge in [-0.3, -0.25) is 4.79 Å². The molecular formula is C19H19N3O3S. The molecule has 1 amide bonds. The summed E-state index contributed by atoms with van der Waals surface area (Å²) in [6.07, 6.45) is 0. The quantitative estimate of drug-likeness (QED) is 0.685. The Hall–Kier alpha value is -2.93. The van der Waals surface area contributed by atoms with Crippen LogP contribution in [0.15, 0.2) is 41.8 Å². The molecule has 0 saturated heterocycles. The number of carbonyl (C=O) groups excluding carboxylic acids is 1. The third-order valence-corrected chi connectivity index (χ3v) is 4.45. The van der Waals surface area contributed by atoms with Crippen molar-refractivity contribution in [2.75, 3.05) is 13.2 Å². The van der Waals surface area contributed by atoms with Gasteiger partial charge < -0.3 is 15.2 Å². The second kappa shape index (κ2) is 7.97. The summed E-state index contributed by atoms with van der Waals surface area (Å²) in [5.41, 5.74) is 7.75. The van der Waals surface area contributed by atoms with Crippen LogP contribution in [0.3, 0.4) is 0 Å². The van der Waals surface area contributed by atoms with Gasteiger partial charge in [0.25, 0.3) is 5.91 Å². The lowest BCUT2D eigenvalue weighted by atomic mass is 10.2. The van der Waals surface area contributed by atoms with E-state index in [0.29, 0.717) is 36.1 Å². The molecule has 3 rings (SSSR count). The summed E-state index contributed by atoms with van der Waals surface area (Å²) in [7, 11) is 0. The molecule has 0 radical (unpaired) electrons. The number of hydrogen-bond donors (Lipinski definition) is 1. The number of nitrogens with two attached hydrogens (primary N) is 1. The van der Waals surface area contributed by atoms with Crippen LogP contribution in [0.4, 0.5) is 0 Å². The van der Waals surface area contributed by atoms with Crippen molar-refractivity contribution in [2.45, 2.75) is 13.8 Å². The zero-order valence-electron chi connectivity index (χ0n) is 14.6. The van der Waals surface area contributed by atoms with E-state index >= 15 is 0 Å². The van der Waals surface area contributed by atoms with Crippen LogP contribution >= 0.6 is 11.3 Å². The van der Waals surface area contributed by atoms with E-state index in [9.17, 15) is 4.79 Å². The summed E-state index contributed by atoms with van der Waals surface area (Å²) >= 11 is 1.49. The first-order valence-electron chi connectivity index (χ1n) is 8.25. The van der Waals surface area contributed by atoms with E-state index in [2.05, 4.69) is 9.97 Å². The molecule has 7 heteroatoms. The Morgan fingerprint density at radius 1 is 1.04 bits per heavy atom. The van der Waals surface area contributed by atoms with Gasteiger partial charge in [0.1, 0.15) is 16.4 Å². The number of hydrogen-bond acceptors (Lipinski definition) is 6. The number of ether oxygens (including phenoxy) is 2. The van der Waals surface area contributed by atoms with Crippen molar-refractivity contribution < 1.29 is 14.3 Å². The second-order valence-corrected chi connectivity index (χ2v) is 6.20. The average molecular weight is 369 g/mol. The molecule has 2 heterocycles. The molecule has 0 unspecified atom stereocenters. The molecule has 0 aliphatic heterocycles. The zero-order valence-corrected chi connectivity index (χ0v) is 15.4. The molecule has 0 aliphatic carbocycles. The van der Waals surface area contributed by atoms with Gasteiger partial charge in [-0.2, -0.15) is 0 Å². The molecule has 26 heavy (non-hydrogen) atoms. The molecule has 0 spiro atoms. The van der Waals surface area contributed by atoms with Gasteiger partial charge in [-0.1, -0.05) is 6.07 Å². The lowest BCUT2D eigenvalue weighted by molar-refractivity contribution is 0.0995. The fourth-order valence-electron chi connectivity index (χ4n) is 2.42. The fourth-order valence-corrected chi connectivity index (χ4v) is 3.23. The monoisotopic (exact) mass is 369 g/mol. The molecular weight excluding hydrogens is 350 g/mol. The van der Waals surface area contributed by atoms with Crippen LogP contribution in [0.1, 0.15) is 24.3 Å². The van der Waals surface area contributed by atoms with Gasteiger partial charge in [0.05, 0.1) is 18.9 Å². The molecule has 1 aromatic carbocycles. The second-order valence-electron chi connectivity index (χ2n) is 5.34. The first kappa shape index (κ1) is 17.9. The maximum absolute atomic E-state index is 11.3. The van der Waals surface area contributed by atoms with Gasteiger partial charge in [0, 0.05) is 10.9 Å². The largest absolute Gasteiger partial charge is 0.490 e. The molecule has 0 atom stereocenters. The van der Waals surface area contributed by atoms with Gasteiger partial charge in [-0.15, -0.1) is 11.3 Å². The van der Waals surface area contributed by atoms with Gasteiger partial charge in [-0.25, -0.2) is 9.97 Å². The number of nitrogens with zero attached hydrogens (tertiary/aromatic N) is 2. The molecule has 134 valence electrons. The van der Waals surface area contributed by atoms with E-state index < -0.39 is 5.91 Å². The Kier molecular flexibility index (Phi) is 5.48. The molecule has 3 aromatic rings. The van der Waals surface area contributed by atoms with Crippen LogP contribution in [0, 0.1) is 0 Å². The van der Waals surface area contributed by atoms with E-state index in [1.54, 1.807) is 18.2 Å². The smallest absolute Gasteiger partial charge is 0.267 e. The zero-order chi connectivity index (χ0) is 18.5. The molecule has 2 aromatic heterocycles. The summed E-state index contributed by atoms with van der Waals surface area (Å²) in [4.78, 5) is 20.2. The average Bonchev–Trinajstić information content (AvgIpc) is 3.14. The van der Waals surface area contributed by atoms with Crippen molar-refractivity contribution in [2.24, 2.45) is 5.73 Å². The van der Waals surface area contributed by atoms with Crippen LogP contribution in [0.5, 0.6) is 11.5 Å². The fraction of sp³-hybridized carbons (Fsp3) is 0.211. The number of rotatable bonds is 7. The number of benzene rings is 1. The molecule has 6 nitrogen and oxygen atoms in total. The van der Waals surface area contributed by atoms with Crippen molar-refractivity contribution in [3.8, 4) is 33.5 Å². The Morgan fingerprint density at radius 3 is 2.54 bits per heavy atom. The SMILES string of the molecule is CCOc1ccc(-c2nc(-c3cccc(C(N)=O)n3)cs2)cc1OCC. The Labute approximate surface area is 155 Å². The number of thiazole rings is 1. The standard InChI is InChI=1S/C19H19N3O3S/c1-3-24-16-9-8-12(10-17(16)25-4-2)19-22-15(11-26-19)13-6-5-7-14(21-13)18(20)23/h5-11H,3-4H2,1-2H3,(H2,20,23). The number of amides is 1. The minimum Gasteiger partial charge on any atom is -0.490 e. The Morgan fingerprint density at radius 2 is 1.81 bits per heavy atom.